The molecular weight excluding hydrogens is 216 g/mol. The van der Waals surface area contributed by atoms with Crippen LogP contribution in [0.2, 0.25) is 0 Å². The maximum absolute atomic E-state index is 11.0. The number of para-hydroxylation sites is 1. The van der Waals surface area contributed by atoms with Crippen molar-refractivity contribution in [3.05, 3.63) is 35.4 Å². The predicted octanol–water partition coefficient (Wildman–Crippen LogP) is 3.60. The van der Waals surface area contributed by atoms with Crippen molar-refractivity contribution in [2.24, 2.45) is 0 Å². The average Bonchev–Trinajstić information content (AvgIpc) is 2.34. The third kappa shape index (κ3) is 3.63. The SMILES string of the molecule is CCCC/C=C/c1cccc(C(=O)O)c1OC. The van der Waals surface area contributed by atoms with Crippen LogP contribution in [0.5, 0.6) is 5.75 Å². The van der Waals surface area contributed by atoms with E-state index in [0.29, 0.717) is 5.75 Å². The molecule has 3 nitrogen and oxygen atoms in total. The van der Waals surface area contributed by atoms with Gasteiger partial charge in [0.15, 0.2) is 0 Å². The highest BCUT2D eigenvalue weighted by Gasteiger charge is 2.12. The first-order chi connectivity index (χ1) is 8.20. The van der Waals surface area contributed by atoms with Gasteiger partial charge >= 0.3 is 5.97 Å². The second-order valence-corrected chi connectivity index (χ2v) is 3.78. The summed E-state index contributed by atoms with van der Waals surface area (Å²) in [5.41, 5.74) is 1.01. The van der Waals surface area contributed by atoms with Gasteiger partial charge in [-0.1, -0.05) is 44.1 Å². The summed E-state index contributed by atoms with van der Waals surface area (Å²) < 4.78 is 5.16. The molecule has 1 aromatic carbocycles. The van der Waals surface area contributed by atoms with Crippen molar-refractivity contribution in [3.63, 3.8) is 0 Å². The summed E-state index contributed by atoms with van der Waals surface area (Å²) in [6.07, 6.45) is 7.25. The van der Waals surface area contributed by atoms with Gasteiger partial charge in [0.05, 0.1) is 7.11 Å². The van der Waals surface area contributed by atoms with Crippen LogP contribution in [-0.4, -0.2) is 18.2 Å². The maximum Gasteiger partial charge on any atom is 0.339 e. The van der Waals surface area contributed by atoms with Gasteiger partial charge in [-0.2, -0.15) is 0 Å². The third-order valence-corrected chi connectivity index (χ3v) is 2.50. The van der Waals surface area contributed by atoms with Gasteiger partial charge in [0.25, 0.3) is 0 Å². The van der Waals surface area contributed by atoms with Gasteiger partial charge in [0.2, 0.25) is 0 Å². The first kappa shape index (κ1) is 13.3. The molecule has 1 N–H and O–H groups in total. The number of carbonyl (C=O) groups is 1. The Balaban J connectivity index is 2.95. The molecule has 17 heavy (non-hydrogen) atoms. The fourth-order valence-electron chi connectivity index (χ4n) is 1.61. The Morgan fingerprint density at radius 1 is 1.47 bits per heavy atom. The van der Waals surface area contributed by atoms with Crippen LogP contribution in [0, 0.1) is 0 Å². The van der Waals surface area contributed by atoms with Crippen LogP contribution < -0.4 is 4.74 Å². The summed E-state index contributed by atoms with van der Waals surface area (Å²) in [7, 11) is 1.49. The number of ether oxygens (including phenoxy) is 1. The number of hydrogen-bond donors (Lipinski definition) is 1. The normalized spacial score (nSPS) is 10.7. The summed E-state index contributed by atoms with van der Waals surface area (Å²) >= 11 is 0. The minimum absolute atomic E-state index is 0.199. The van der Waals surface area contributed by atoms with E-state index in [0.717, 1.165) is 24.8 Å². The van der Waals surface area contributed by atoms with E-state index in [1.54, 1.807) is 12.1 Å². The Hall–Kier alpha value is -1.77. The topological polar surface area (TPSA) is 46.5 Å². The molecule has 0 amide bonds. The van der Waals surface area contributed by atoms with Crippen LogP contribution in [0.1, 0.15) is 42.1 Å². The highest BCUT2D eigenvalue weighted by Crippen LogP contribution is 2.25. The van der Waals surface area contributed by atoms with Crippen LogP contribution in [0.25, 0.3) is 6.08 Å². The van der Waals surface area contributed by atoms with Crippen molar-refractivity contribution in [3.8, 4) is 5.75 Å². The van der Waals surface area contributed by atoms with E-state index in [1.807, 2.05) is 18.2 Å². The lowest BCUT2D eigenvalue weighted by atomic mass is 10.1. The monoisotopic (exact) mass is 234 g/mol. The van der Waals surface area contributed by atoms with Gasteiger partial charge in [-0.15, -0.1) is 0 Å². The smallest absolute Gasteiger partial charge is 0.339 e. The molecule has 0 spiro atoms. The van der Waals surface area contributed by atoms with Crippen LogP contribution >= 0.6 is 0 Å². The van der Waals surface area contributed by atoms with Gasteiger partial charge < -0.3 is 9.84 Å². The fraction of sp³-hybridized carbons (Fsp3) is 0.357. The predicted molar refractivity (Wildman–Crippen MR) is 68.5 cm³/mol. The van der Waals surface area contributed by atoms with E-state index in [9.17, 15) is 4.79 Å². The number of carboxylic acids is 1. The number of benzene rings is 1. The Labute approximate surface area is 102 Å². The molecule has 3 heteroatoms. The van der Waals surface area contributed by atoms with Gasteiger partial charge in [-0.3, -0.25) is 0 Å². The molecule has 0 unspecified atom stereocenters. The average molecular weight is 234 g/mol. The summed E-state index contributed by atoms with van der Waals surface area (Å²) in [6, 6.07) is 5.13. The summed E-state index contributed by atoms with van der Waals surface area (Å²) in [5, 5.41) is 9.03. The van der Waals surface area contributed by atoms with E-state index < -0.39 is 5.97 Å². The number of methoxy groups -OCH3 is 1. The molecule has 0 aliphatic heterocycles. The molecular formula is C14H18O3. The van der Waals surface area contributed by atoms with E-state index in [2.05, 4.69) is 6.92 Å². The number of carboxylic acid groups (broad SMARTS) is 1. The molecule has 92 valence electrons. The van der Waals surface area contributed by atoms with E-state index in [4.69, 9.17) is 9.84 Å². The molecule has 0 aliphatic carbocycles. The number of allylic oxidation sites excluding steroid dienone is 1. The lowest BCUT2D eigenvalue weighted by molar-refractivity contribution is 0.0693. The van der Waals surface area contributed by atoms with Crippen LogP contribution in [0.3, 0.4) is 0 Å². The maximum atomic E-state index is 11.0. The van der Waals surface area contributed by atoms with Crippen molar-refractivity contribution in [1.82, 2.24) is 0 Å². The molecule has 0 heterocycles. The molecule has 1 aromatic rings. The zero-order chi connectivity index (χ0) is 12.7. The largest absolute Gasteiger partial charge is 0.495 e. The minimum Gasteiger partial charge on any atom is -0.495 e. The molecule has 0 fully saturated rings. The zero-order valence-corrected chi connectivity index (χ0v) is 10.3. The van der Waals surface area contributed by atoms with Crippen molar-refractivity contribution >= 4 is 12.0 Å². The van der Waals surface area contributed by atoms with Gasteiger partial charge in [-0.05, 0) is 12.5 Å². The summed E-state index contributed by atoms with van der Waals surface area (Å²) in [6.45, 7) is 2.14. The van der Waals surface area contributed by atoms with Crippen LogP contribution in [0.15, 0.2) is 24.3 Å². The lowest BCUT2D eigenvalue weighted by Crippen LogP contribution is -2.01. The molecule has 0 aliphatic rings. The Morgan fingerprint density at radius 2 is 2.24 bits per heavy atom. The Kier molecular flexibility index (Phi) is 5.27. The zero-order valence-electron chi connectivity index (χ0n) is 10.3. The van der Waals surface area contributed by atoms with Gasteiger partial charge in [0.1, 0.15) is 11.3 Å². The second kappa shape index (κ2) is 6.74. The number of hydrogen-bond acceptors (Lipinski definition) is 2. The molecule has 0 aromatic heterocycles. The summed E-state index contributed by atoms with van der Waals surface area (Å²) in [4.78, 5) is 11.0. The number of rotatable bonds is 6. The minimum atomic E-state index is -0.967. The number of unbranched alkanes of at least 4 members (excludes halogenated alkanes) is 2. The molecule has 0 saturated heterocycles. The molecule has 0 radical (unpaired) electrons. The number of aromatic carboxylic acids is 1. The lowest BCUT2D eigenvalue weighted by Gasteiger charge is -2.08. The highest BCUT2D eigenvalue weighted by atomic mass is 16.5. The molecule has 0 bridgehead atoms. The quantitative estimate of drug-likeness (QED) is 0.765. The standard InChI is InChI=1S/C14H18O3/c1-3-4-5-6-8-11-9-7-10-12(14(15)16)13(11)17-2/h6-10H,3-5H2,1-2H3,(H,15,16)/b8-6+. The van der Waals surface area contributed by atoms with E-state index in [1.165, 1.54) is 7.11 Å². The van der Waals surface area contributed by atoms with Crippen molar-refractivity contribution in [2.45, 2.75) is 26.2 Å². The van der Waals surface area contributed by atoms with E-state index >= 15 is 0 Å². The van der Waals surface area contributed by atoms with Crippen molar-refractivity contribution < 1.29 is 14.6 Å². The van der Waals surface area contributed by atoms with Crippen LogP contribution in [-0.2, 0) is 0 Å². The van der Waals surface area contributed by atoms with Gasteiger partial charge in [0, 0.05) is 5.56 Å². The van der Waals surface area contributed by atoms with Crippen molar-refractivity contribution in [1.29, 1.82) is 0 Å². The summed E-state index contributed by atoms with van der Waals surface area (Å²) in [5.74, 6) is -0.543. The molecule has 0 saturated carbocycles. The van der Waals surface area contributed by atoms with Gasteiger partial charge in [-0.25, -0.2) is 4.79 Å². The first-order valence-corrected chi connectivity index (χ1v) is 5.77. The highest BCUT2D eigenvalue weighted by molar-refractivity contribution is 5.92. The second-order valence-electron chi connectivity index (χ2n) is 3.78. The third-order valence-electron chi connectivity index (χ3n) is 2.50. The van der Waals surface area contributed by atoms with Crippen LogP contribution in [0.4, 0.5) is 0 Å². The molecule has 0 atom stereocenters. The van der Waals surface area contributed by atoms with E-state index in [-0.39, 0.29) is 5.56 Å². The fourth-order valence-corrected chi connectivity index (χ4v) is 1.61. The Morgan fingerprint density at radius 3 is 2.82 bits per heavy atom. The van der Waals surface area contributed by atoms with Crippen molar-refractivity contribution in [2.75, 3.05) is 7.11 Å². The Bertz CT molecular complexity index is 408. The molecule has 1 rings (SSSR count). The first-order valence-electron chi connectivity index (χ1n) is 5.77.